The molecule has 0 bridgehead atoms. The zero-order valence-corrected chi connectivity index (χ0v) is 29.5. The van der Waals surface area contributed by atoms with E-state index in [-0.39, 0.29) is 17.7 Å². The van der Waals surface area contributed by atoms with Gasteiger partial charge in [0.1, 0.15) is 11.4 Å². The highest BCUT2D eigenvalue weighted by Gasteiger charge is 2.33. The van der Waals surface area contributed by atoms with E-state index in [0.29, 0.717) is 38.5 Å². The van der Waals surface area contributed by atoms with Crippen LogP contribution in [0.5, 0.6) is 5.75 Å². The predicted octanol–water partition coefficient (Wildman–Crippen LogP) is 5.92. The van der Waals surface area contributed by atoms with Crippen molar-refractivity contribution in [3.63, 3.8) is 0 Å². The summed E-state index contributed by atoms with van der Waals surface area (Å²) in [6.45, 7) is 8.42. The Balaban J connectivity index is 1.51. The molecule has 50 heavy (non-hydrogen) atoms. The molecule has 0 saturated carbocycles. The van der Waals surface area contributed by atoms with Gasteiger partial charge in [-0.05, 0) is 86.9 Å². The van der Waals surface area contributed by atoms with E-state index in [1.54, 1.807) is 42.8 Å². The molecule has 1 aliphatic rings. The van der Waals surface area contributed by atoms with Crippen LogP contribution >= 0.6 is 11.3 Å². The highest BCUT2D eigenvalue weighted by atomic mass is 32.1. The maximum absolute atomic E-state index is 14.4. The summed E-state index contributed by atoms with van der Waals surface area (Å²) in [5, 5.41) is 4.97. The van der Waals surface area contributed by atoms with Crippen LogP contribution < -0.4 is 19.6 Å². The molecule has 0 amide bonds. The summed E-state index contributed by atoms with van der Waals surface area (Å²) < 4.78 is 20.0. The normalized spacial score (nSPS) is 14.3. The number of carbonyl (C=O) groups excluding carboxylic acids is 2. The van der Waals surface area contributed by atoms with Crippen molar-refractivity contribution in [2.24, 2.45) is 4.99 Å². The number of methoxy groups -OCH3 is 1. The molecule has 0 unspecified atom stereocenters. The van der Waals surface area contributed by atoms with Crippen LogP contribution in [-0.2, 0) is 14.3 Å². The molecule has 1 aliphatic heterocycles. The monoisotopic (exact) mass is 690 g/mol. The van der Waals surface area contributed by atoms with Gasteiger partial charge >= 0.3 is 11.9 Å². The van der Waals surface area contributed by atoms with Crippen molar-refractivity contribution in [3.05, 3.63) is 132 Å². The summed E-state index contributed by atoms with van der Waals surface area (Å²) in [4.78, 5) is 45.0. The van der Waals surface area contributed by atoms with E-state index in [9.17, 15) is 14.4 Å². The lowest BCUT2D eigenvalue weighted by atomic mass is 9.95. The smallest absolute Gasteiger partial charge is 0.338 e. The Labute approximate surface area is 293 Å². The van der Waals surface area contributed by atoms with E-state index in [1.165, 1.54) is 23.0 Å². The number of carbonyl (C=O) groups is 2. The van der Waals surface area contributed by atoms with Gasteiger partial charge in [-0.3, -0.25) is 9.36 Å². The molecule has 1 atom stereocenters. The van der Waals surface area contributed by atoms with Crippen molar-refractivity contribution in [1.82, 2.24) is 14.3 Å². The highest BCUT2D eigenvalue weighted by Crippen LogP contribution is 2.32. The van der Waals surface area contributed by atoms with Gasteiger partial charge in [-0.15, -0.1) is 0 Å². The third-order valence-electron chi connectivity index (χ3n) is 8.42. The largest absolute Gasteiger partial charge is 0.493 e. The van der Waals surface area contributed by atoms with Crippen molar-refractivity contribution in [2.45, 2.75) is 46.6 Å². The number of hydrogen-bond donors (Lipinski definition) is 0. The summed E-state index contributed by atoms with van der Waals surface area (Å²) >= 11 is 1.23. The van der Waals surface area contributed by atoms with E-state index in [2.05, 4.69) is 6.92 Å². The van der Waals surface area contributed by atoms with Gasteiger partial charge in [0.05, 0.1) is 53.4 Å². The zero-order valence-electron chi connectivity index (χ0n) is 28.6. The Morgan fingerprint density at radius 2 is 1.74 bits per heavy atom. The maximum Gasteiger partial charge on any atom is 0.338 e. The molecule has 3 aromatic carbocycles. The SMILES string of the molecule is CCCCOc1ccc(-c2nn(-c3ccccc3)cc2/C=c2\sc3n(c2=O)[C@@H](c2ccc(C(=O)OC)cc2)C(C(=O)OCC)=C(C)N=3)cc1C. The fourth-order valence-corrected chi connectivity index (χ4v) is 6.92. The third-order valence-corrected chi connectivity index (χ3v) is 9.40. The maximum atomic E-state index is 14.4. The summed E-state index contributed by atoms with van der Waals surface area (Å²) in [5.41, 5.74) is 5.52. The van der Waals surface area contributed by atoms with Crippen LogP contribution in [0.15, 0.2) is 100 Å². The second-order valence-electron chi connectivity index (χ2n) is 11.8. The van der Waals surface area contributed by atoms with Crippen LogP contribution in [-0.4, -0.2) is 46.6 Å². The van der Waals surface area contributed by atoms with E-state index < -0.39 is 18.0 Å². The molecular weight excluding hydrogens is 653 g/mol. The summed E-state index contributed by atoms with van der Waals surface area (Å²) in [5.74, 6) is -0.223. The molecule has 10 nitrogen and oxygen atoms in total. The first-order valence-electron chi connectivity index (χ1n) is 16.5. The number of rotatable bonds is 11. The second kappa shape index (κ2) is 14.9. The van der Waals surface area contributed by atoms with Crippen LogP contribution in [0.3, 0.4) is 0 Å². The van der Waals surface area contributed by atoms with Crippen LogP contribution in [0.25, 0.3) is 23.0 Å². The molecule has 0 spiro atoms. The van der Waals surface area contributed by atoms with Gasteiger partial charge < -0.3 is 14.2 Å². The van der Waals surface area contributed by atoms with E-state index in [1.807, 2.05) is 67.7 Å². The van der Waals surface area contributed by atoms with E-state index in [4.69, 9.17) is 24.3 Å². The fourth-order valence-electron chi connectivity index (χ4n) is 5.88. The Hall–Kier alpha value is -5.55. The number of aromatic nitrogens is 3. The minimum absolute atomic E-state index is 0.160. The molecule has 6 rings (SSSR count). The first-order chi connectivity index (χ1) is 24.2. The van der Waals surface area contributed by atoms with Crippen molar-refractivity contribution in [2.75, 3.05) is 20.3 Å². The molecule has 0 saturated heterocycles. The zero-order chi connectivity index (χ0) is 35.4. The molecule has 0 N–H and O–H groups in total. The molecule has 0 radical (unpaired) electrons. The molecule has 0 fully saturated rings. The number of esters is 2. The summed E-state index contributed by atoms with van der Waals surface area (Å²) in [7, 11) is 1.31. The number of unbranched alkanes of at least 4 members (excludes halogenated alkanes) is 1. The second-order valence-corrected chi connectivity index (χ2v) is 12.8. The lowest BCUT2D eigenvalue weighted by Gasteiger charge is -2.24. The van der Waals surface area contributed by atoms with Gasteiger partial charge in [-0.25, -0.2) is 19.3 Å². The van der Waals surface area contributed by atoms with Gasteiger partial charge in [0.15, 0.2) is 4.80 Å². The van der Waals surface area contributed by atoms with Crippen molar-refractivity contribution >= 4 is 29.4 Å². The molecule has 2 aromatic heterocycles. The van der Waals surface area contributed by atoms with Gasteiger partial charge in [-0.1, -0.05) is 55.0 Å². The van der Waals surface area contributed by atoms with Gasteiger partial charge in [0.25, 0.3) is 5.56 Å². The summed E-state index contributed by atoms with van der Waals surface area (Å²) in [6.07, 6.45) is 5.76. The number of ether oxygens (including phenoxy) is 3. The highest BCUT2D eigenvalue weighted by molar-refractivity contribution is 7.07. The first-order valence-corrected chi connectivity index (χ1v) is 17.3. The first kappa shape index (κ1) is 34.3. The van der Waals surface area contributed by atoms with E-state index >= 15 is 0 Å². The van der Waals surface area contributed by atoms with Crippen LogP contribution in [0.1, 0.15) is 66.7 Å². The molecule has 0 aliphatic carbocycles. The lowest BCUT2D eigenvalue weighted by Crippen LogP contribution is -2.40. The topological polar surface area (TPSA) is 114 Å². The summed E-state index contributed by atoms with van der Waals surface area (Å²) in [6, 6.07) is 21.6. The Bertz CT molecular complexity index is 2270. The molecular formula is C39H38N4O6S. The number of aryl methyl sites for hydroxylation is 1. The standard InChI is InChI=1S/C39H38N4O6S/c1-6-8-20-49-31-19-18-28(21-24(31)3)34-29(23-42(41-34)30-12-10-9-11-13-30)22-32-36(44)43-35(26-14-16-27(17-15-26)37(45)47-5)33(38(46)48-7-2)25(4)40-39(43)50-32/h9-19,21-23,35H,6-8,20H2,1-5H3/b32-22-/t35-/m0/s1. The number of fused-ring (bicyclic) bond motifs is 1. The minimum Gasteiger partial charge on any atom is -0.493 e. The average molecular weight is 691 g/mol. The fraction of sp³-hybridized carbons (Fsp3) is 0.256. The Kier molecular flexibility index (Phi) is 10.2. The van der Waals surface area contributed by atoms with Crippen LogP contribution in [0.2, 0.25) is 0 Å². The molecule has 5 aromatic rings. The van der Waals surface area contributed by atoms with E-state index in [0.717, 1.165) is 41.0 Å². The van der Waals surface area contributed by atoms with Gasteiger partial charge in [0.2, 0.25) is 0 Å². The van der Waals surface area contributed by atoms with Crippen LogP contribution in [0.4, 0.5) is 0 Å². The van der Waals surface area contributed by atoms with Gasteiger partial charge in [-0.2, -0.15) is 5.10 Å². The quantitative estimate of drug-likeness (QED) is 0.125. The minimum atomic E-state index is -0.825. The average Bonchev–Trinajstić information content (AvgIpc) is 3.68. The van der Waals surface area contributed by atoms with Gasteiger partial charge in [0, 0.05) is 17.3 Å². The molecule has 11 heteroatoms. The number of allylic oxidation sites excluding steroid dienone is 1. The number of thiazole rings is 1. The van der Waals surface area contributed by atoms with Crippen molar-refractivity contribution in [3.8, 4) is 22.7 Å². The Morgan fingerprint density at radius 3 is 2.42 bits per heavy atom. The van der Waals surface area contributed by atoms with Crippen LogP contribution in [0, 0.1) is 6.92 Å². The van der Waals surface area contributed by atoms with Crippen molar-refractivity contribution < 1.29 is 23.8 Å². The number of benzene rings is 3. The predicted molar refractivity (Wildman–Crippen MR) is 192 cm³/mol. The Morgan fingerprint density at radius 1 is 0.980 bits per heavy atom. The number of para-hydroxylation sites is 1. The molecule has 3 heterocycles. The molecule has 256 valence electrons. The number of hydrogen-bond acceptors (Lipinski definition) is 9. The third kappa shape index (κ3) is 6.81. The van der Waals surface area contributed by atoms with Crippen molar-refractivity contribution in [1.29, 1.82) is 0 Å². The lowest BCUT2D eigenvalue weighted by molar-refractivity contribution is -0.139. The number of nitrogens with zero attached hydrogens (tertiary/aromatic N) is 4.